The van der Waals surface area contributed by atoms with E-state index in [-0.39, 0.29) is 18.5 Å². The van der Waals surface area contributed by atoms with Crippen LogP contribution in [0.3, 0.4) is 0 Å². The number of nitrogens with zero attached hydrogens (tertiary/aromatic N) is 2. The van der Waals surface area contributed by atoms with E-state index in [1.165, 1.54) is 5.01 Å². The van der Waals surface area contributed by atoms with Gasteiger partial charge in [-0.15, -0.1) is 0 Å². The minimum absolute atomic E-state index is 0.211. The van der Waals surface area contributed by atoms with Crippen molar-refractivity contribution in [2.45, 2.75) is 13.5 Å². The molecule has 2 aliphatic heterocycles. The van der Waals surface area contributed by atoms with Crippen molar-refractivity contribution in [2.75, 3.05) is 5.01 Å². The summed E-state index contributed by atoms with van der Waals surface area (Å²) in [6.45, 7) is 2.07. The van der Waals surface area contributed by atoms with Crippen LogP contribution in [0.2, 0.25) is 0 Å². The molecule has 1 amide bonds. The molecule has 0 saturated heterocycles. The SMILES string of the molecule is CC1=NN(c2cccc(Br)c2)C(=O)/C1=C\c1ccc(-c2ccc3c(c2)COC3=O)o1. The van der Waals surface area contributed by atoms with E-state index in [2.05, 4.69) is 21.0 Å². The quantitative estimate of drug-likeness (QED) is 0.396. The Kier molecular flexibility index (Phi) is 4.40. The number of amides is 1. The number of ether oxygens (including phenoxy) is 1. The molecular weight excluding hydrogens is 448 g/mol. The number of hydrogen-bond acceptors (Lipinski definition) is 5. The molecule has 0 spiro atoms. The molecule has 0 fully saturated rings. The molecule has 0 radical (unpaired) electrons. The molecule has 7 heteroatoms. The van der Waals surface area contributed by atoms with Crippen LogP contribution >= 0.6 is 15.9 Å². The first-order valence-corrected chi connectivity index (χ1v) is 10.1. The summed E-state index contributed by atoms with van der Waals surface area (Å²) >= 11 is 3.42. The maximum absolute atomic E-state index is 12.9. The van der Waals surface area contributed by atoms with Gasteiger partial charge in [0.25, 0.3) is 5.91 Å². The van der Waals surface area contributed by atoms with Crippen molar-refractivity contribution in [3.05, 3.63) is 81.5 Å². The maximum Gasteiger partial charge on any atom is 0.338 e. The number of hydrazone groups is 1. The number of hydrogen-bond donors (Lipinski definition) is 0. The Morgan fingerprint density at radius 2 is 1.97 bits per heavy atom. The summed E-state index contributed by atoms with van der Waals surface area (Å²) in [5.74, 6) is 0.683. The number of benzene rings is 2. The van der Waals surface area contributed by atoms with Crippen LogP contribution in [0.25, 0.3) is 17.4 Å². The van der Waals surface area contributed by atoms with Crippen LogP contribution in [0.5, 0.6) is 0 Å². The van der Waals surface area contributed by atoms with Gasteiger partial charge in [-0.3, -0.25) is 4.79 Å². The smallest absolute Gasteiger partial charge is 0.338 e. The highest BCUT2D eigenvalue weighted by molar-refractivity contribution is 9.10. The summed E-state index contributed by atoms with van der Waals surface area (Å²) in [5, 5.41) is 5.78. The summed E-state index contributed by atoms with van der Waals surface area (Å²) in [7, 11) is 0. The van der Waals surface area contributed by atoms with Crippen LogP contribution in [0.4, 0.5) is 5.69 Å². The predicted molar refractivity (Wildman–Crippen MR) is 116 cm³/mol. The minimum atomic E-state index is -0.300. The molecule has 0 N–H and O–H groups in total. The van der Waals surface area contributed by atoms with E-state index >= 15 is 0 Å². The minimum Gasteiger partial charge on any atom is -0.457 e. The van der Waals surface area contributed by atoms with E-state index in [0.29, 0.717) is 34.1 Å². The van der Waals surface area contributed by atoms with Crippen molar-refractivity contribution in [3.8, 4) is 11.3 Å². The number of fused-ring (bicyclic) bond motifs is 1. The number of anilines is 1. The maximum atomic E-state index is 12.9. The van der Waals surface area contributed by atoms with Gasteiger partial charge in [0.1, 0.15) is 18.1 Å². The summed E-state index contributed by atoms with van der Waals surface area (Å²) in [6.07, 6.45) is 1.70. The largest absolute Gasteiger partial charge is 0.457 e. The van der Waals surface area contributed by atoms with E-state index in [9.17, 15) is 9.59 Å². The molecule has 6 nitrogen and oxygen atoms in total. The fraction of sp³-hybridized carbons (Fsp3) is 0.0870. The van der Waals surface area contributed by atoms with Gasteiger partial charge in [0.05, 0.1) is 22.5 Å². The Bertz CT molecular complexity index is 1270. The molecule has 2 aliphatic rings. The second-order valence-corrected chi connectivity index (χ2v) is 7.91. The van der Waals surface area contributed by atoms with Crippen molar-refractivity contribution in [2.24, 2.45) is 5.10 Å². The summed E-state index contributed by atoms with van der Waals surface area (Å²) in [5.41, 5.74) is 4.05. The van der Waals surface area contributed by atoms with Crippen LogP contribution in [-0.2, 0) is 16.1 Å². The van der Waals surface area contributed by atoms with Crippen LogP contribution in [0.1, 0.15) is 28.6 Å². The third-order valence-corrected chi connectivity index (χ3v) is 5.49. The number of carbonyl (C=O) groups excluding carboxylic acids is 2. The molecule has 30 heavy (non-hydrogen) atoms. The van der Waals surface area contributed by atoms with E-state index in [1.54, 1.807) is 25.1 Å². The lowest BCUT2D eigenvalue weighted by molar-refractivity contribution is -0.114. The third kappa shape index (κ3) is 3.17. The Hall–Kier alpha value is -3.45. The second-order valence-electron chi connectivity index (χ2n) is 6.99. The Labute approximate surface area is 180 Å². The Balaban J connectivity index is 1.43. The first-order chi connectivity index (χ1) is 14.5. The van der Waals surface area contributed by atoms with E-state index in [4.69, 9.17) is 9.15 Å². The van der Waals surface area contributed by atoms with Crippen molar-refractivity contribution in [1.29, 1.82) is 0 Å². The van der Waals surface area contributed by atoms with Crippen molar-refractivity contribution in [3.63, 3.8) is 0 Å². The molecule has 2 aromatic carbocycles. The van der Waals surface area contributed by atoms with Crippen LogP contribution < -0.4 is 5.01 Å². The number of furan rings is 1. The first kappa shape index (κ1) is 18.6. The predicted octanol–water partition coefficient (Wildman–Crippen LogP) is 5.19. The van der Waals surface area contributed by atoms with Crippen molar-refractivity contribution < 1.29 is 18.7 Å². The zero-order valence-corrected chi connectivity index (χ0v) is 17.5. The molecule has 148 valence electrons. The highest BCUT2D eigenvalue weighted by atomic mass is 79.9. The van der Waals surface area contributed by atoms with Gasteiger partial charge in [-0.25, -0.2) is 4.79 Å². The highest BCUT2D eigenvalue weighted by Gasteiger charge is 2.29. The molecule has 3 heterocycles. The topological polar surface area (TPSA) is 72.1 Å². The lowest BCUT2D eigenvalue weighted by Gasteiger charge is -2.11. The zero-order chi connectivity index (χ0) is 20.8. The fourth-order valence-electron chi connectivity index (χ4n) is 3.48. The molecule has 0 bridgehead atoms. The van der Waals surface area contributed by atoms with Gasteiger partial charge in [0, 0.05) is 15.6 Å². The number of carbonyl (C=O) groups is 2. The monoisotopic (exact) mass is 462 g/mol. The molecule has 0 aliphatic carbocycles. The van der Waals surface area contributed by atoms with Gasteiger partial charge < -0.3 is 9.15 Å². The number of esters is 1. The number of rotatable bonds is 3. The van der Waals surface area contributed by atoms with E-state index in [1.807, 2.05) is 42.5 Å². The van der Waals surface area contributed by atoms with Gasteiger partial charge in [-0.1, -0.05) is 28.1 Å². The average molecular weight is 463 g/mol. The van der Waals surface area contributed by atoms with Gasteiger partial charge in [0.2, 0.25) is 0 Å². The molecule has 3 aromatic rings. The molecule has 0 atom stereocenters. The first-order valence-electron chi connectivity index (χ1n) is 9.27. The van der Waals surface area contributed by atoms with E-state index in [0.717, 1.165) is 15.6 Å². The molecule has 1 aromatic heterocycles. The van der Waals surface area contributed by atoms with Crippen LogP contribution in [0, 0.1) is 0 Å². The van der Waals surface area contributed by atoms with Crippen molar-refractivity contribution >= 4 is 45.3 Å². The average Bonchev–Trinajstić information content (AvgIpc) is 3.42. The Morgan fingerprint density at radius 1 is 1.10 bits per heavy atom. The normalized spacial score (nSPS) is 16.8. The second kappa shape index (κ2) is 7.11. The molecule has 0 saturated carbocycles. The van der Waals surface area contributed by atoms with E-state index < -0.39 is 0 Å². The lowest BCUT2D eigenvalue weighted by atomic mass is 10.0. The lowest BCUT2D eigenvalue weighted by Crippen LogP contribution is -2.21. The van der Waals surface area contributed by atoms with Crippen molar-refractivity contribution in [1.82, 2.24) is 0 Å². The summed E-state index contributed by atoms with van der Waals surface area (Å²) < 4.78 is 11.9. The van der Waals surface area contributed by atoms with Crippen LogP contribution in [-0.4, -0.2) is 17.6 Å². The van der Waals surface area contributed by atoms with Gasteiger partial charge in [-0.2, -0.15) is 10.1 Å². The van der Waals surface area contributed by atoms with Gasteiger partial charge in [0.15, 0.2) is 0 Å². The molecular formula is C23H15BrN2O4. The Morgan fingerprint density at radius 3 is 2.80 bits per heavy atom. The molecule has 5 rings (SSSR count). The number of cyclic esters (lactones) is 1. The highest BCUT2D eigenvalue weighted by Crippen LogP contribution is 2.30. The third-order valence-electron chi connectivity index (χ3n) is 5.00. The zero-order valence-electron chi connectivity index (χ0n) is 15.9. The fourth-order valence-corrected chi connectivity index (χ4v) is 3.87. The van der Waals surface area contributed by atoms with Crippen LogP contribution in [0.15, 0.2) is 74.2 Å². The number of halogens is 1. The summed E-state index contributed by atoms with van der Waals surface area (Å²) in [4.78, 5) is 24.5. The van der Waals surface area contributed by atoms with Gasteiger partial charge >= 0.3 is 5.97 Å². The standard InChI is InChI=1S/C23H15BrN2O4/c1-13-20(22(27)26(25-13)17-4-2-3-16(24)10-17)11-18-6-8-21(30-18)14-5-7-19-15(9-14)12-29-23(19)28/h2-11H,12H2,1H3/b20-11-. The van der Waals surface area contributed by atoms with Gasteiger partial charge in [-0.05, 0) is 55.5 Å². The summed E-state index contributed by atoms with van der Waals surface area (Å²) in [6, 6.07) is 16.5. The molecule has 0 unspecified atom stereocenters.